The van der Waals surface area contributed by atoms with Gasteiger partial charge in [-0.3, -0.25) is 9.59 Å². The Labute approximate surface area is 202 Å². The Kier molecular flexibility index (Phi) is 8.23. The van der Waals surface area contributed by atoms with Crippen molar-refractivity contribution in [1.82, 2.24) is 15.7 Å². The van der Waals surface area contributed by atoms with Crippen LogP contribution in [0.5, 0.6) is 23.0 Å². The summed E-state index contributed by atoms with van der Waals surface area (Å²) in [6.45, 7) is 1.49. The maximum Gasteiger partial charge on any atom is 0.274 e. The fourth-order valence-corrected chi connectivity index (χ4v) is 3.10. The number of amides is 2. The van der Waals surface area contributed by atoms with Crippen molar-refractivity contribution < 1.29 is 28.9 Å². The number of methoxy groups -OCH3 is 3. The zero-order chi connectivity index (χ0) is 25.4. The molecule has 0 aliphatic rings. The Bertz CT molecular complexity index is 1160. The van der Waals surface area contributed by atoms with E-state index in [1.165, 1.54) is 26.3 Å². The Morgan fingerprint density at radius 3 is 1.91 bits per heavy atom. The second kappa shape index (κ2) is 11.5. The monoisotopic (exact) mass is 478 g/mol. The van der Waals surface area contributed by atoms with Crippen LogP contribution in [0, 0.1) is 0 Å². The summed E-state index contributed by atoms with van der Waals surface area (Å²) in [7, 11) is 4.50. The predicted molar refractivity (Wildman–Crippen MR) is 129 cm³/mol. The molecule has 1 aromatic heterocycles. The molecule has 1 heterocycles. The molecule has 10 nitrogen and oxygen atoms in total. The third-order valence-electron chi connectivity index (χ3n) is 5.07. The molecule has 35 heavy (non-hydrogen) atoms. The van der Waals surface area contributed by atoms with Crippen LogP contribution in [0.1, 0.15) is 28.5 Å². The third-order valence-corrected chi connectivity index (χ3v) is 5.07. The van der Waals surface area contributed by atoms with Crippen LogP contribution < -0.4 is 25.0 Å². The molecule has 0 unspecified atom stereocenters. The fraction of sp³-hybridized carbons (Fsp3) is 0.200. The van der Waals surface area contributed by atoms with Crippen molar-refractivity contribution in [1.29, 1.82) is 0 Å². The normalized spacial score (nSPS) is 11.1. The van der Waals surface area contributed by atoms with Gasteiger partial charge < -0.3 is 24.6 Å². The molecule has 2 amide bonds. The third kappa shape index (κ3) is 6.05. The van der Waals surface area contributed by atoms with Crippen molar-refractivity contribution in [2.24, 2.45) is 5.10 Å². The summed E-state index contributed by atoms with van der Waals surface area (Å²) < 4.78 is 15.4. The Hall–Kier alpha value is -4.60. The minimum Gasteiger partial charge on any atom is -0.503 e. The lowest BCUT2D eigenvalue weighted by molar-refractivity contribution is -0.122. The van der Waals surface area contributed by atoms with Crippen molar-refractivity contribution >= 4 is 17.5 Å². The molecule has 2 aromatic carbocycles. The highest BCUT2D eigenvalue weighted by atomic mass is 16.5. The second-order valence-electron chi connectivity index (χ2n) is 7.30. The number of carbonyl (C=O) groups excluding carboxylic acids is 2. The molecule has 0 radical (unpaired) electrons. The lowest BCUT2D eigenvalue weighted by Gasteiger charge is -2.14. The number of ether oxygens (including phenoxy) is 3. The lowest BCUT2D eigenvalue weighted by Crippen LogP contribution is -2.43. The molecule has 10 heteroatoms. The molecular weight excluding hydrogens is 452 g/mol. The van der Waals surface area contributed by atoms with Crippen LogP contribution in [0.3, 0.4) is 0 Å². The smallest absolute Gasteiger partial charge is 0.274 e. The summed E-state index contributed by atoms with van der Waals surface area (Å²) in [4.78, 5) is 29.1. The van der Waals surface area contributed by atoms with E-state index in [0.29, 0.717) is 17.2 Å². The highest BCUT2D eigenvalue weighted by Gasteiger charge is 2.22. The average molecular weight is 479 g/mol. The number of nitrogens with zero attached hydrogens (tertiary/aromatic N) is 2. The highest BCUT2D eigenvalue weighted by molar-refractivity contribution is 6.13. The first-order valence-corrected chi connectivity index (χ1v) is 10.6. The van der Waals surface area contributed by atoms with Gasteiger partial charge in [0.1, 0.15) is 17.5 Å². The van der Waals surface area contributed by atoms with Gasteiger partial charge in [-0.25, -0.2) is 10.4 Å². The van der Waals surface area contributed by atoms with E-state index in [9.17, 15) is 14.7 Å². The van der Waals surface area contributed by atoms with E-state index in [0.717, 1.165) is 11.1 Å². The first-order chi connectivity index (χ1) is 16.9. The maximum atomic E-state index is 12.7. The first-order valence-electron chi connectivity index (χ1n) is 10.6. The number of hydrazone groups is 1. The summed E-state index contributed by atoms with van der Waals surface area (Å²) in [5.41, 5.74) is 4.20. The summed E-state index contributed by atoms with van der Waals surface area (Å²) in [6, 6.07) is 14.8. The second-order valence-corrected chi connectivity index (χ2v) is 7.30. The van der Waals surface area contributed by atoms with Crippen molar-refractivity contribution in [2.45, 2.75) is 13.0 Å². The predicted octanol–water partition coefficient (Wildman–Crippen LogP) is 2.50. The van der Waals surface area contributed by atoms with Crippen molar-refractivity contribution in [3.8, 4) is 23.0 Å². The molecule has 3 N–H and O–H groups in total. The lowest BCUT2D eigenvalue weighted by atomic mass is 10.0. The molecule has 182 valence electrons. The molecule has 0 fully saturated rings. The standard InChI is InChI=1S/C25H26N4O6/c1-15(27-25(32)22-23(30)20(35-4)13-14-26-22)24(31)29-28-21(16-5-9-18(33-2)10-6-16)17-7-11-19(34-3)12-8-17/h5-15,30H,1-4H3,(H,27,32)(H,29,31)/t15-/m0/s1. The molecule has 0 aliphatic carbocycles. The summed E-state index contributed by atoms with van der Waals surface area (Å²) >= 11 is 0. The van der Waals surface area contributed by atoms with E-state index in [1.54, 1.807) is 38.5 Å². The van der Waals surface area contributed by atoms with E-state index in [4.69, 9.17) is 14.2 Å². The largest absolute Gasteiger partial charge is 0.503 e. The van der Waals surface area contributed by atoms with Crippen LogP contribution in [-0.2, 0) is 4.79 Å². The first kappa shape index (κ1) is 25.0. The quantitative estimate of drug-likeness (QED) is 0.318. The molecule has 3 rings (SSSR count). The van der Waals surface area contributed by atoms with Crippen molar-refractivity contribution in [2.75, 3.05) is 21.3 Å². The molecule has 0 bridgehead atoms. The Morgan fingerprint density at radius 1 is 0.886 bits per heavy atom. The minimum atomic E-state index is -0.980. The van der Waals surface area contributed by atoms with E-state index < -0.39 is 23.6 Å². The summed E-state index contributed by atoms with van der Waals surface area (Å²) in [6.07, 6.45) is 1.32. The van der Waals surface area contributed by atoms with Gasteiger partial charge in [0.25, 0.3) is 11.8 Å². The van der Waals surface area contributed by atoms with Gasteiger partial charge in [0.2, 0.25) is 0 Å². The molecule has 0 spiro atoms. The average Bonchev–Trinajstić information content (AvgIpc) is 2.89. The number of aromatic hydroxyl groups is 1. The zero-order valence-corrected chi connectivity index (χ0v) is 19.7. The number of aromatic nitrogens is 1. The SMILES string of the molecule is COc1ccc(C(=NNC(=O)[C@H](C)NC(=O)c2nccc(OC)c2O)c2ccc(OC)cc2)cc1. The van der Waals surface area contributed by atoms with Gasteiger partial charge in [-0.2, -0.15) is 5.10 Å². The van der Waals surface area contributed by atoms with Gasteiger partial charge in [0.15, 0.2) is 17.2 Å². The molecule has 0 aliphatic heterocycles. The Morgan fingerprint density at radius 2 is 1.43 bits per heavy atom. The van der Waals surface area contributed by atoms with Crippen LogP contribution in [-0.4, -0.2) is 55.0 Å². The number of benzene rings is 2. The molecular formula is C25H26N4O6. The van der Waals surface area contributed by atoms with Gasteiger partial charge >= 0.3 is 0 Å². The number of hydrogen-bond donors (Lipinski definition) is 3. The van der Waals surface area contributed by atoms with E-state index in [1.807, 2.05) is 24.3 Å². The Balaban J connectivity index is 1.80. The number of pyridine rings is 1. The van der Waals surface area contributed by atoms with Gasteiger partial charge in [-0.15, -0.1) is 0 Å². The number of rotatable bonds is 9. The van der Waals surface area contributed by atoms with E-state index in [-0.39, 0.29) is 11.4 Å². The van der Waals surface area contributed by atoms with Crippen LogP contribution in [0.15, 0.2) is 65.9 Å². The number of nitrogens with one attached hydrogen (secondary N) is 2. The van der Waals surface area contributed by atoms with Gasteiger partial charge in [-0.05, 0) is 55.5 Å². The van der Waals surface area contributed by atoms with Gasteiger partial charge in [-0.1, -0.05) is 0 Å². The van der Waals surface area contributed by atoms with Crippen molar-refractivity contribution in [3.63, 3.8) is 0 Å². The molecule has 0 saturated heterocycles. The molecule has 0 saturated carbocycles. The summed E-state index contributed by atoms with van der Waals surface area (Å²) in [5.74, 6) is -0.274. The number of carbonyl (C=O) groups is 2. The van der Waals surface area contributed by atoms with Gasteiger partial charge in [0, 0.05) is 23.4 Å². The van der Waals surface area contributed by atoms with Crippen LogP contribution in [0.2, 0.25) is 0 Å². The minimum absolute atomic E-state index is 0.0930. The van der Waals surface area contributed by atoms with Crippen LogP contribution >= 0.6 is 0 Å². The zero-order valence-electron chi connectivity index (χ0n) is 19.7. The van der Waals surface area contributed by atoms with Crippen molar-refractivity contribution in [3.05, 3.63) is 77.6 Å². The number of hydrogen-bond acceptors (Lipinski definition) is 8. The fourth-order valence-electron chi connectivity index (χ4n) is 3.10. The van der Waals surface area contributed by atoms with E-state index in [2.05, 4.69) is 20.8 Å². The van der Waals surface area contributed by atoms with Crippen LogP contribution in [0.25, 0.3) is 0 Å². The highest BCUT2D eigenvalue weighted by Crippen LogP contribution is 2.27. The summed E-state index contributed by atoms with van der Waals surface area (Å²) in [5, 5.41) is 16.9. The molecule has 1 atom stereocenters. The van der Waals surface area contributed by atoms with Crippen LogP contribution in [0.4, 0.5) is 0 Å². The van der Waals surface area contributed by atoms with E-state index >= 15 is 0 Å². The maximum absolute atomic E-state index is 12.7. The molecule has 3 aromatic rings. The van der Waals surface area contributed by atoms with Gasteiger partial charge in [0.05, 0.1) is 27.0 Å². The topological polar surface area (TPSA) is 131 Å².